The number of hydrogen-bond donors (Lipinski definition) is 1. The minimum Gasteiger partial charge on any atom is -0.340 e. The van der Waals surface area contributed by atoms with Gasteiger partial charge in [-0.05, 0) is 33.6 Å². The van der Waals surface area contributed by atoms with E-state index in [2.05, 4.69) is 11.4 Å². The normalized spacial score (nSPS) is 22.0. The highest BCUT2D eigenvalue weighted by molar-refractivity contribution is 5.82. The number of nitriles is 1. The second kappa shape index (κ2) is 5.31. The van der Waals surface area contributed by atoms with Gasteiger partial charge in [0.05, 0.1) is 17.5 Å². The first-order valence-corrected chi connectivity index (χ1v) is 5.90. The minimum absolute atomic E-state index is 0.0577. The Bertz CT molecular complexity index is 293. The molecule has 0 spiro atoms. The average Bonchev–Trinajstić information content (AvgIpc) is 2.24. The van der Waals surface area contributed by atoms with Crippen molar-refractivity contribution in [2.75, 3.05) is 19.6 Å². The lowest BCUT2D eigenvalue weighted by molar-refractivity contribution is -0.135. The van der Waals surface area contributed by atoms with Crippen LogP contribution in [0.2, 0.25) is 0 Å². The summed E-state index contributed by atoms with van der Waals surface area (Å²) >= 11 is 0. The van der Waals surface area contributed by atoms with E-state index < -0.39 is 0 Å². The molecule has 0 aromatic heterocycles. The Morgan fingerprint density at radius 3 is 2.94 bits per heavy atom. The van der Waals surface area contributed by atoms with E-state index in [0.29, 0.717) is 0 Å². The molecule has 0 aromatic carbocycles. The van der Waals surface area contributed by atoms with Crippen molar-refractivity contribution < 1.29 is 4.79 Å². The summed E-state index contributed by atoms with van der Waals surface area (Å²) < 4.78 is 0. The Kier molecular flexibility index (Phi) is 4.31. The smallest absolute Gasteiger partial charge is 0.239 e. The molecule has 0 aliphatic carbocycles. The summed E-state index contributed by atoms with van der Waals surface area (Å²) in [5.41, 5.74) is -0.275. The third kappa shape index (κ3) is 3.49. The number of rotatable bonds is 4. The van der Waals surface area contributed by atoms with Crippen LogP contribution < -0.4 is 5.32 Å². The van der Waals surface area contributed by atoms with Crippen LogP contribution in [0.1, 0.15) is 33.6 Å². The first kappa shape index (κ1) is 13.0. The SMILES string of the molecule is CC1NCCN(CCCC(C)(C)C#N)C1=O. The van der Waals surface area contributed by atoms with E-state index in [1.807, 2.05) is 25.7 Å². The molecule has 1 fully saturated rings. The van der Waals surface area contributed by atoms with Crippen LogP contribution in [-0.4, -0.2) is 36.5 Å². The Labute approximate surface area is 97.6 Å². The topological polar surface area (TPSA) is 56.1 Å². The van der Waals surface area contributed by atoms with Crippen molar-refractivity contribution in [3.63, 3.8) is 0 Å². The highest BCUT2D eigenvalue weighted by Gasteiger charge is 2.25. The van der Waals surface area contributed by atoms with Crippen LogP contribution >= 0.6 is 0 Å². The lowest BCUT2D eigenvalue weighted by Gasteiger charge is -2.32. The molecule has 1 N–H and O–H groups in total. The van der Waals surface area contributed by atoms with Gasteiger partial charge in [-0.15, -0.1) is 0 Å². The minimum atomic E-state index is -0.275. The van der Waals surface area contributed by atoms with Crippen molar-refractivity contribution >= 4 is 5.91 Å². The van der Waals surface area contributed by atoms with Crippen LogP contribution in [0.3, 0.4) is 0 Å². The van der Waals surface area contributed by atoms with Gasteiger partial charge in [0, 0.05) is 19.6 Å². The number of piperazine rings is 1. The zero-order valence-corrected chi connectivity index (χ0v) is 10.4. The first-order chi connectivity index (χ1) is 7.46. The van der Waals surface area contributed by atoms with Crippen LogP contribution in [0.25, 0.3) is 0 Å². The molecule has 0 bridgehead atoms. The number of amides is 1. The maximum absolute atomic E-state index is 11.7. The third-order valence-electron chi connectivity index (χ3n) is 3.05. The molecular formula is C12H21N3O. The number of hydrogen-bond acceptors (Lipinski definition) is 3. The fourth-order valence-corrected chi connectivity index (χ4v) is 1.88. The van der Waals surface area contributed by atoms with Gasteiger partial charge in [-0.25, -0.2) is 0 Å². The quantitative estimate of drug-likeness (QED) is 0.777. The standard InChI is InChI=1S/C12H21N3O/c1-10-11(16)15(8-6-14-10)7-4-5-12(2,3)9-13/h10,14H,4-8H2,1-3H3. The average molecular weight is 223 g/mol. The molecule has 16 heavy (non-hydrogen) atoms. The van der Waals surface area contributed by atoms with Crippen LogP contribution in [-0.2, 0) is 4.79 Å². The molecular weight excluding hydrogens is 202 g/mol. The summed E-state index contributed by atoms with van der Waals surface area (Å²) in [6, 6.07) is 2.23. The van der Waals surface area contributed by atoms with Crippen molar-refractivity contribution in [2.24, 2.45) is 5.41 Å². The van der Waals surface area contributed by atoms with E-state index in [0.717, 1.165) is 32.5 Å². The molecule has 4 heteroatoms. The molecule has 0 saturated carbocycles. The lowest BCUT2D eigenvalue weighted by atomic mass is 9.90. The molecule has 1 saturated heterocycles. The predicted octanol–water partition coefficient (Wildman–Crippen LogP) is 1.14. The zero-order valence-electron chi connectivity index (χ0n) is 10.4. The van der Waals surface area contributed by atoms with E-state index in [-0.39, 0.29) is 17.4 Å². The van der Waals surface area contributed by atoms with Crippen molar-refractivity contribution in [3.05, 3.63) is 0 Å². The molecule has 0 aromatic rings. The van der Waals surface area contributed by atoms with Gasteiger partial charge >= 0.3 is 0 Å². The van der Waals surface area contributed by atoms with Crippen molar-refractivity contribution in [2.45, 2.75) is 39.7 Å². The van der Waals surface area contributed by atoms with Crippen LogP contribution in [0.4, 0.5) is 0 Å². The molecule has 4 nitrogen and oxygen atoms in total. The maximum atomic E-state index is 11.7. The number of nitrogens with zero attached hydrogens (tertiary/aromatic N) is 2. The number of carbonyl (C=O) groups excluding carboxylic acids is 1. The van der Waals surface area contributed by atoms with Gasteiger partial charge in [0.25, 0.3) is 0 Å². The molecule has 90 valence electrons. The van der Waals surface area contributed by atoms with Crippen LogP contribution in [0.15, 0.2) is 0 Å². The summed E-state index contributed by atoms with van der Waals surface area (Å²) in [5.74, 6) is 0.181. The molecule has 1 aliphatic heterocycles. The highest BCUT2D eigenvalue weighted by atomic mass is 16.2. The summed E-state index contributed by atoms with van der Waals surface area (Å²) in [5, 5.41) is 12.0. The van der Waals surface area contributed by atoms with Gasteiger partial charge in [-0.1, -0.05) is 0 Å². The van der Waals surface area contributed by atoms with E-state index in [1.54, 1.807) is 0 Å². The van der Waals surface area contributed by atoms with Crippen LogP contribution in [0, 0.1) is 16.7 Å². The summed E-state index contributed by atoms with van der Waals surface area (Å²) in [7, 11) is 0. The van der Waals surface area contributed by atoms with Crippen molar-refractivity contribution in [1.29, 1.82) is 5.26 Å². The van der Waals surface area contributed by atoms with E-state index >= 15 is 0 Å². The third-order valence-corrected chi connectivity index (χ3v) is 3.05. The predicted molar refractivity (Wildman–Crippen MR) is 62.7 cm³/mol. The monoisotopic (exact) mass is 223 g/mol. The summed E-state index contributed by atoms with van der Waals surface area (Å²) in [6.45, 7) is 8.21. The number of carbonyl (C=O) groups is 1. The Morgan fingerprint density at radius 1 is 1.62 bits per heavy atom. The highest BCUT2D eigenvalue weighted by Crippen LogP contribution is 2.20. The van der Waals surface area contributed by atoms with Gasteiger partial charge in [0.15, 0.2) is 0 Å². The van der Waals surface area contributed by atoms with Crippen molar-refractivity contribution in [3.8, 4) is 6.07 Å². The van der Waals surface area contributed by atoms with Gasteiger partial charge in [0.2, 0.25) is 5.91 Å². The Morgan fingerprint density at radius 2 is 2.31 bits per heavy atom. The van der Waals surface area contributed by atoms with E-state index in [9.17, 15) is 4.79 Å². The summed E-state index contributed by atoms with van der Waals surface area (Å²) in [4.78, 5) is 13.6. The van der Waals surface area contributed by atoms with Crippen LogP contribution in [0.5, 0.6) is 0 Å². The van der Waals surface area contributed by atoms with Gasteiger partial charge in [-0.2, -0.15) is 5.26 Å². The number of nitrogens with one attached hydrogen (secondary N) is 1. The van der Waals surface area contributed by atoms with Gasteiger partial charge in [-0.3, -0.25) is 4.79 Å². The molecule has 1 amide bonds. The first-order valence-electron chi connectivity index (χ1n) is 5.90. The molecule has 1 heterocycles. The largest absolute Gasteiger partial charge is 0.340 e. The fraction of sp³-hybridized carbons (Fsp3) is 0.833. The molecule has 1 unspecified atom stereocenters. The van der Waals surface area contributed by atoms with Gasteiger partial charge in [0.1, 0.15) is 0 Å². The second-order valence-electron chi connectivity index (χ2n) is 5.10. The van der Waals surface area contributed by atoms with Crippen molar-refractivity contribution in [1.82, 2.24) is 10.2 Å². The molecule has 1 aliphatic rings. The van der Waals surface area contributed by atoms with E-state index in [1.165, 1.54) is 0 Å². The maximum Gasteiger partial charge on any atom is 0.239 e. The molecule has 0 radical (unpaired) electrons. The van der Waals surface area contributed by atoms with E-state index in [4.69, 9.17) is 5.26 Å². The lowest BCUT2D eigenvalue weighted by Crippen LogP contribution is -2.53. The Balaban J connectivity index is 2.33. The fourth-order valence-electron chi connectivity index (χ4n) is 1.88. The Hall–Kier alpha value is -1.08. The summed E-state index contributed by atoms with van der Waals surface area (Å²) in [6.07, 6.45) is 1.74. The second-order valence-corrected chi connectivity index (χ2v) is 5.10. The molecule has 1 atom stereocenters. The van der Waals surface area contributed by atoms with Gasteiger partial charge < -0.3 is 10.2 Å². The zero-order chi connectivity index (χ0) is 12.2. The molecule has 1 rings (SSSR count).